The molecule has 4 heteroatoms. The van der Waals surface area contributed by atoms with Gasteiger partial charge in [-0.05, 0) is 26.2 Å². The maximum absolute atomic E-state index is 11.3. The second-order valence-corrected chi connectivity index (χ2v) is 4.52. The van der Waals surface area contributed by atoms with Crippen LogP contribution in [0, 0.1) is 5.92 Å². The lowest BCUT2D eigenvalue weighted by atomic mass is 9.87. The second kappa shape index (κ2) is 4.96. The van der Waals surface area contributed by atoms with Gasteiger partial charge in [0.2, 0.25) is 0 Å². The summed E-state index contributed by atoms with van der Waals surface area (Å²) in [6, 6.07) is 0. The molecule has 0 saturated heterocycles. The molecule has 76 valence electrons. The van der Waals surface area contributed by atoms with Gasteiger partial charge in [0, 0.05) is 4.83 Å². The fourth-order valence-electron chi connectivity index (χ4n) is 1.58. The minimum absolute atomic E-state index is 0.108. The fourth-order valence-corrected chi connectivity index (χ4v) is 2.06. The number of esters is 1. The van der Waals surface area contributed by atoms with Crippen molar-refractivity contribution in [2.45, 2.75) is 37.1 Å². The Balaban J connectivity index is 2.40. The lowest BCUT2D eigenvalue weighted by molar-refractivity contribution is -0.150. The van der Waals surface area contributed by atoms with Gasteiger partial charge in [-0.25, -0.2) is 0 Å². The van der Waals surface area contributed by atoms with Crippen molar-refractivity contribution in [1.82, 2.24) is 0 Å². The van der Waals surface area contributed by atoms with Crippen molar-refractivity contribution in [2.24, 2.45) is 5.92 Å². The molecule has 0 unspecified atom stereocenters. The second-order valence-electron chi connectivity index (χ2n) is 3.35. The first-order valence-corrected chi connectivity index (χ1v) is 5.55. The molecule has 13 heavy (non-hydrogen) atoms. The molecule has 1 aliphatic rings. The summed E-state index contributed by atoms with van der Waals surface area (Å²) < 4.78 is 4.90. The molecule has 0 radical (unpaired) electrons. The van der Waals surface area contributed by atoms with Crippen molar-refractivity contribution >= 4 is 21.9 Å². The molecule has 0 amide bonds. The molecule has 1 fully saturated rings. The Morgan fingerprint density at radius 2 is 2.31 bits per heavy atom. The third kappa shape index (κ3) is 2.95. The van der Waals surface area contributed by atoms with E-state index in [4.69, 9.17) is 4.74 Å². The minimum atomic E-state index is -0.414. The number of hydrogen-bond acceptors (Lipinski definition) is 3. The fraction of sp³-hybridized carbons (Fsp3) is 0.889. The summed E-state index contributed by atoms with van der Waals surface area (Å²) in [6.07, 6.45) is 1.76. The van der Waals surface area contributed by atoms with Crippen molar-refractivity contribution in [3.8, 4) is 0 Å². The van der Waals surface area contributed by atoms with Crippen molar-refractivity contribution in [3.05, 3.63) is 0 Å². The first-order valence-electron chi connectivity index (χ1n) is 4.64. The van der Waals surface area contributed by atoms with Gasteiger partial charge in [-0.1, -0.05) is 15.9 Å². The van der Waals surface area contributed by atoms with Crippen LogP contribution < -0.4 is 0 Å². The van der Waals surface area contributed by atoms with E-state index in [0.29, 0.717) is 13.0 Å². The van der Waals surface area contributed by atoms with Gasteiger partial charge in [0.15, 0.2) is 0 Å². The van der Waals surface area contributed by atoms with Crippen LogP contribution in [-0.4, -0.2) is 28.6 Å². The zero-order valence-electron chi connectivity index (χ0n) is 7.70. The van der Waals surface area contributed by atoms with E-state index in [9.17, 15) is 9.90 Å². The van der Waals surface area contributed by atoms with Crippen LogP contribution in [0.3, 0.4) is 0 Å². The molecule has 0 aromatic heterocycles. The summed E-state index contributed by atoms with van der Waals surface area (Å²) in [4.78, 5) is 11.4. The third-order valence-electron chi connectivity index (χ3n) is 2.35. The van der Waals surface area contributed by atoms with E-state index in [0.717, 1.165) is 12.8 Å². The number of rotatable bonds is 2. The molecule has 1 rings (SSSR count). The molecule has 0 aromatic carbocycles. The molecular formula is C9H15BrO3. The number of carbonyl (C=O) groups excluding carboxylic acids is 1. The first kappa shape index (κ1) is 11.0. The zero-order valence-corrected chi connectivity index (χ0v) is 9.29. The standard InChI is InChI=1S/C9H15BrO3/c1-2-13-9(12)6-3-4-7(10)8(11)5-6/h6-8,11H,2-5H2,1H3/t6-,7+,8-/m0/s1. The summed E-state index contributed by atoms with van der Waals surface area (Å²) in [7, 11) is 0. The molecule has 1 aliphatic carbocycles. The summed E-state index contributed by atoms with van der Waals surface area (Å²) in [5.74, 6) is -0.273. The van der Waals surface area contributed by atoms with Gasteiger partial charge in [0.25, 0.3) is 0 Å². The van der Waals surface area contributed by atoms with Crippen LogP contribution >= 0.6 is 15.9 Å². The highest BCUT2D eigenvalue weighted by molar-refractivity contribution is 9.09. The Hall–Kier alpha value is -0.0900. The van der Waals surface area contributed by atoms with E-state index < -0.39 is 6.10 Å². The summed E-state index contributed by atoms with van der Waals surface area (Å²) >= 11 is 3.37. The van der Waals surface area contributed by atoms with Crippen molar-refractivity contribution in [3.63, 3.8) is 0 Å². The highest BCUT2D eigenvalue weighted by Gasteiger charge is 2.31. The monoisotopic (exact) mass is 250 g/mol. The van der Waals surface area contributed by atoms with Gasteiger partial charge >= 0.3 is 5.97 Å². The lowest BCUT2D eigenvalue weighted by Gasteiger charge is -2.28. The Morgan fingerprint density at radius 1 is 1.62 bits per heavy atom. The molecule has 3 atom stereocenters. The predicted octanol–water partition coefficient (Wildman–Crippen LogP) is 1.47. The van der Waals surface area contributed by atoms with Crippen LogP contribution in [0.5, 0.6) is 0 Å². The average Bonchev–Trinajstić information content (AvgIpc) is 2.10. The van der Waals surface area contributed by atoms with Gasteiger partial charge < -0.3 is 9.84 Å². The van der Waals surface area contributed by atoms with Crippen LogP contribution in [-0.2, 0) is 9.53 Å². The number of hydrogen-bond donors (Lipinski definition) is 1. The van der Waals surface area contributed by atoms with Gasteiger partial charge in [-0.3, -0.25) is 4.79 Å². The smallest absolute Gasteiger partial charge is 0.309 e. The highest BCUT2D eigenvalue weighted by Crippen LogP contribution is 2.29. The van der Waals surface area contributed by atoms with E-state index in [-0.39, 0.29) is 16.7 Å². The van der Waals surface area contributed by atoms with Crippen LogP contribution in [0.25, 0.3) is 0 Å². The van der Waals surface area contributed by atoms with E-state index >= 15 is 0 Å². The molecule has 1 N–H and O–H groups in total. The number of carbonyl (C=O) groups is 1. The van der Waals surface area contributed by atoms with E-state index in [1.807, 2.05) is 0 Å². The Morgan fingerprint density at radius 3 is 2.85 bits per heavy atom. The summed E-state index contributed by atoms with van der Waals surface area (Å²) in [5.41, 5.74) is 0. The van der Waals surface area contributed by atoms with Crippen LogP contribution in [0.15, 0.2) is 0 Å². The molecule has 3 nitrogen and oxygen atoms in total. The first-order chi connectivity index (χ1) is 6.15. The lowest BCUT2D eigenvalue weighted by Crippen LogP contribution is -2.33. The zero-order chi connectivity index (χ0) is 9.84. The molecule has 0 spiro atoms. The molecule has 0 bridgehead atoms. The van der Waals surface area contributed by atoms with Crippen molar-refractivity contribution < 1.29 is 14.6 Å². The number of alkyl halides is 1. The molecule has 1 saturated carbocycles. The van der Waals surface area contributed by atoms with Crippen LogP contribution in [0.4, 0.5) is 0 Å². The SMILES string of the molecule is CCOC(=O)[C@H]1CC[C@@H](Br)[C@@H](O)C1. The van der Waals surface area contributed by atoms with Gasteiger partial charge in [-0.15, -0.1) is 0 Å². The van der Waals surface area contributed by atoms with Crippen LogP contribution in [0.1, 0.15) is 26.2 Å². The van der Waals surface area contributed by atoms with E-state index in [2.05, 4.69) is 15.9 Å². The minimum Gasteiger partial charge on any atom is -0.466 e. The quantitative estimate of drug-likeness (QED) is 0.597. The number of aliphatic hydroxyl groups is 1. The average molecular weight is 251 g/mol. The van der Waals surface area contributed by atoms with Crippen LogP contribution in [0.2, 0.25) is 0 Å². The topological polar surface area (TPSA) is 46.5 Å². The van der Waals surface area contributed by atoms with Crippen molar-refractivity contribution in [2.75, 3.05) is 6.61 Å². The number of halogens is 1. The molecule has 0 heterocycles. The summed E-state index contributed by atoms with van der Waals surface area (Å²) in [6.45, 7) is 2.22. The maximum Gasteiger partial charge on any atom is 0.309 e. The molecule has 0 aromatic rings. The largest absolute Gasteiger partial charge is 0.466 e. The number of aliphatic hydroxyl groups excluding tert-OH is 1. The molecule has 0 aliphatic heterocycles. The van der Waals surface area contributed by atoms with Crippen molar-refractivity contribution in [1.29, 1.82) is 0 Å². The van der Waals surface area contributed by atoms with Gasteiger partial charge in [0.1, 0.15) is 0 Å². The summed E-state index contributed by atoms with van der Waals surface area (Å²) in [5, 5.41) is 9.51. The normalized spacial score (nSPS) is 34.2. The maximum atomic E-state index is 11.3. The highest BCUT2D eigenvalue weighted by atomic mass is 79.9. The Labute approximate surface area is 86.6 Å². The van der Waals surface area contributed by atoms with E-state index in [1.165, 1.54) is 0 Å². The molecular weight excluding hydrogens is 236 g/mol. The Kier molecular flexibility index (Phi) is 4.19. The number of ether oxygens (including phenoxy) is 1. The van der Waals surface area contributed by atoms with Gasteiger partial charge in [0.05, 0.1) is 18.6 Å². The Bertz CT molecular complexity index is 184. The van der Waals surface area contributed by atoms with Gasteiger partial charge in [-0.2, -0.15) is 0 Å². The third-order valence-corrected chi connectivity index (χ3v) is 3.42. The predicted molar refractivity (Wildman–Crippen MR) is 52.7 cm³/mol. The van der Waals surface area contributed by atoms with E-state index in [1.54, 1.807) is 6.92 Å².